The first kappa shape index (κ1) is 16.3. The molecule has 124 valence electrons. The molecule has 2 heterocycles. The highest BCUT2D eigenvalue weighted by Crippen LogP contribution is 2.29. The highest BCUT2D eigenvalue weighted by molar-refractivity contribution is 6.30. The minimum Gasteiger partial charge on any atom is -0.477 e. The molecule has 0 spiro atoms. The third kappa shape index (κ3) is 2.80. The molecule has 1 aromatic heterocycles. The number of carboxylic acids is 1. The number of benzene rings is 1. The standard InChI is InChI=1S/C17H15ClN2O4/c1-10-5-6-19(16(22)15(10)17(23)24)13-8-14(21)20(9-13)12-4-2-3-11(18)7-12/h2-7,13H,8-9H2,1H3,(H,23,24). The van der Waals surface area contributed by atoms with E-state index in [1.807, 2.05) is 0 Å². The molecule has 2 aromatic rings. The molecule has 0 bridgehead atoms. The van der Waals surface area contributed by atoms with Crippen LogP contribution in [0.5, 0.6) is 0 Å². The van der Waals surface area contributed by atoms with Crippen molar-refractivity contribution in [1.82, 2.24) is 4.57 Å². The molecule has 1 aromatic carbocycles. The number of carboxylic acid groups (broad SMARTS) is 1. The molecule has 1 aliphatic heterocycles. The second-order valence-corrected chi connectivity index (χ2v) is 6.17. The maximum atomic E-state index is 12.5. The van der Waals surface area contributed by atoms with E-state index in [1.54, 1.807) is 48.4 Å². The summed E-state index contributed by atoms with van der Waals surface area (Å²) in [5, 5.41) is 9.74. The van der Waals surface area contributed by atoms with Crippen molar-refractivity contribution >= 4 is 29.2 Å². The summed E-state index contributed by atoms with van der Waals surface area (Å²) in [5.74, 6) is -1.39. The van der Waals surface area contributed by atoms with Gasteiger partial charge in [-0.05, 0) is 36.8 Å². The van der Waals surface area contributed by atoms with Crippen molar-refractivity contribution in [2.45, 2.75) is 19.4 Å². The smallest absolute Gasteiger partial charge is 0.341 e. The number of rotatable bonds is 3. The normalized spacial score (nSPS) is 17.3. The zero-order chi connectivity index (χ0) is 17.4. The van der Waals surface area contributed by atoms with E-state index in [9.17, 15) is 19.5 Å². The molecule has 1 atom stereocenters. The summed E-state index contributed by atoms with van der Waals surface area (Å²) in [6, 6.07) is 8.08. The Bertz CT molecular complexity index is 890. The average molecular weight is 347 g/mol. The van der Waals surface area contributed by atoms with Gasteiger partial charge in [0.1, 0.15) is 5.56 Å². The van der Waals surface area contributed by atoms with Crippen LogP contribution in [0.15, 0.2) is 41.3 Å². The maximum Gasteiger partial charge on any atom is 0.341 e. The minimum absolute atomic E-state index is 0.133. The van der Waals surface area contributed by atoms with E-state index in [0.29, 0.717) is 22.8 Å². The van der Waals surface area contributed by atoms with Gasteiger partial charge in [0.25, 0.3) is 5.56 Å². The monoisotopic (exact) mass is 346 g/mol. The topological polar surface area (TPSA) is 79.6 Å². The fourth-order valence-electron chi connectivity index (χ4n) is 2.96. The van der Waals surface area contributed by atoms with Gasteiger partial charge in [0.15, 0.2) is 0 Å². The SMILES string of the molecule is Cc1ccn(C2CC(=O)N(c3cccc(Cl)c3)C2)c(=O)c1C(=O)O. The molecule has 6 nitrogen and oxygen atoms in total. The number of aryl methyl sites for hydroxylation is 1. The highest BCUT2D eigenvalue weighted by atomic mass is 35.5. The predicted molar refractivity (Wildman–Crippen MR) is 89.9 cm³/mol. The van der Waals surface area contributed by atoms with Crippen LogP contribution in [-0.2, 0) is 4.79 Å². The Morgan fingerprint density at radius 2 is 2.04 bits per heavy atom. The predicted octanol–water partition coefficient (Wildman–Crippen LogP) is 2.49. The lowest BCUT2D eigenvalue weighted by molar-refractivity contribution is -0.117. The first-order chi connectivity index (χ1) is 11.4. The van der Waals surface area contributed by atoms with Crippen LogP contribution >= 0.6 is 11.6 Å². The van der Waals surface area contributed by atoms with Crippen molar-refractivity contribution in [1.29, 1.82) is 0 Å². The quantitative estimate of drug-likeness (QED) is 0.926. The van der Waals surface area contributed by atoms with Crippen LogP contribution in [0.4, 0.5) is 5.69 Å². The summed E-state index contributed by atoms with van der Waals surface area (Å²) in [7, 11) is 0. The fraction of sp³-hybridized carbons (Fsp3) is 0.235. The number of carbonyl (C=O) groups excluding carboxylic acids is 1. The molecule has 0 aliphatic carbocycles. The van der Waals surface area contributed by atoms with Crippen LogP contribution in [0.25, 0.3) is 0 Å². The van der Waals surface area contributed by atoms with Crippen LogP contribution < -0.4 is 10.5 Å². The van der Waals surface area contributed by atoms with Crippen molar-refractivity contribution in [3.63, 3.8) is 0 Å². The summed E-state index contributed by atoms with van der Waals surface area (Å²) in [6.07, 6.45) is 1.68. The lowest BCUT2D eigenvalue weighted by Crippen LogP contribution is -2.31. The zero-order valence-electron chi connectivity index (χ0n) is 12.9. The van der Waals surface area contributed by atoms with Crippen molar-refractivity contribution < 1.29 is 14.7 Å². The number of carbonyl (C=O) groups is 2. The van der Waals surface area contributed by atoms with Crippen LogP contribution in [0.3, 0.4) is 0 Å². The summed E-state index contributed by atoms with van der Waals surface area (Å²) < 4.78 is 1.33. The van der Waals surface area contributed by atoms with Crippen LogP contribution in [-0.4, -0.2) is 28.1 Å². The zero-order valence-corrected chi connectivity index (χ0v) is 13.7. The van der Waals surface area contributed by atoms with Crippen molar-refractivity contribution in [2.24, 2.45) is 0 Å². The van der Waals surface area contributed by atoms with Gasteiger partial charge in [-0.25, -0.2) is 4.79 Å². The summed E-state index contributed by atoms with van der Waals surface area (Å²) in [4.78, 5) is 37.6. The van der Waals surface area contributed by atoms with E-state index in [2.05, 4.69) is 0 Å². The lowest BCUT2D eigenvalue weighted by atomic mass is 10.1. The average Bonchev–Trinajstić information content (AvgIpc) is 2.88. The molecule has 24 heavy (non-hydrogen) atoms. The molecule has 1 aliphatic rings. The molecule has 0 radical (unpaired) electrons. The Hall–Kier alpha value is -2.60. The molecule has 1 saturated heterocycles. The molecule has 0 saturated carbocycles. The third-order valence-electron chi connectivity index (χ3n) is 4.16. The van der Waals surface area contributed by atoms with Crippen LogP contribution in [0, 0.1) is 6.92 Å². The molecule has 7 heteroatoms. The van der Waals surface area contributed by atoms with Gasteiger partial charge in [-0.2, -0.15) is 0 Å². The van der Waals surface area contributed by atoms with E-state index in [0.717, 1.165) is 0 Å². The van der Waals surface area contributed by atoms with Gasteiger partial charge < -0.3 is 14.6 Å². The number of aromatic carboxylic acids is 1. The maximum absolute atomic E-state index is 12.5. The fourth-order valence-corrected chi connectivity index (χ4v) is 3.14. The summed E-state index contributed by atoms with van der Waals surface area (Å²) >= 11 is 5.96. The number of halogens is 1. The largest absolute Gasteiger partial charge is 0.477 e. The van der Waals surface area contributed by atoms with Crippen molar-refractivity contribution in [3.05, 3.63) is 63.0 Å². The van der Waals surface area contributed by atoms with Crippen LogP contribution in [0.1, 0.15) is 28.4 Å². The number of hydrogen-bond donors (Lipinski definition) is 1. The molecule has 1 N–H and O–H groups in total. The second-order valence-electron chi connectivity index (χ2n) is 5.73. The second kappa shape index (κ2) is 6.13. The van der Waals surface area contributed by atoms with Crippen molar-refractivity contribution in [3.8, 4) is 0 Å². The molecule has 1 unspecified atom stereocenters. The minimum atomic E-state index is -1.26. The van der Waals surface area contributed by atoms with Gasteiger partial charge in [0, 0.05) is 29.9 Å². The Kier molecular flexibility index (Phi) is 4.15. The number of hydrogen-bond acceptors (Lipinski definition) is 3. The summed E-state index contributed by atoms with van der Waals surface area (Å²) in [6.45, 7) is 1.87. The Balaban J connectivity index is 1.96. The van der Waals surface area contributed by atoms with Gasteiger partial charge in [-0.1, -0.05) is 17.7 Å². The van der Waals surface area contributed by atoms with E-state index in [4.69, 9.17) is 11.6 Å². The molecular formula is C17H15ClN2O4. The van der Waals surface area contributed by atoms with Gasteiger partial charge in [0.05, 0.1) is 6.04 Å². The third-order valence-corrected chi connectivity index (χ3v) is 4.39. The van der Waals surface area contributed by atoms with Gasteiger partial charge in [-0.3, -0.25) is 9.59 Å². The van der Waals surface area contributed by atoms with E-state index < -0.39 is 17.6 Å². The Morgan fingerprint density at radius 3 is 2.71 bits per heavy atom. The lowest BCUT2D eigenvalue weighted by Gasteiger charge is -2.18. The van der Waals surface area contributed by atoms with Gasteiger partial charge in [-0.15, -0.1) is 0 Å². The van der Waals surface area contributed by atoms with Gasteiger partial charge in [0.2, 0.25) is 5.91 Å². The number of amides is 1. The first-order valence-corrected chi connectivity index (χ1v) is 7.77. The summed E-state index contributed by atoms with van der Waals surface area (Å²) in [5.41, 5.74) is 0.216. The van der Waals surface area contributed by atoms with E-state index in [-0.39, 0.29) is 17.9 Å². The first-order valence-electron chi connectivity index (χ1n) is 7.39. The number of nitrogens with zero attached hydrogens (tertiary/aromatic N) is 2. The molecule has 3 rings (SSSR count). The van der Waals surface area contributed by atoms with E-state index in [1.165, 1.54) is 4.57 Å². The van der Waals surface area contributed by atoms with E-state index >= 15 is 0 Å². The number of aromatic nitrogens is 1. The Labute approximate surface area is 142 Å². The van der Waals surface area contributed by atoms with Crippen molar-refractivity contribution in [2.75, 3.05) is 11.4 Å². The van der Waals surface area contributed by atoms with Crippen LogP contribution in [0.2, 0.25) is 5.02 Å². The molecular weight excluding hydrogens is 332 g/mol. The number of pyridine rings is 1. The molecule has 1 fully saturated rings. The Morgan fingerprint density at radius 1 is 1.29 bits per heavy atom. The number of anilines is 1. The van der Waals surface area contributed by atoms with Gasteiger partial charge >= 0.3 is 5.97 Å². The molecule has 1 amide bonds. The highest BCUT2D eigenvalue weighted by Gasteiger charge is 2.33.